The molecule has 1 aliphatic heterocycles. The molecule has 1 atom stereocenters. The summed E-state index contributed by atoms with van der Waals surface area (Å²) in [7, 11) is 0. The first-order chi connectivity index (χ1) is 12.9. The van der Waals surface area contributed by atoms with Gasteiger partial charge in [0.25, 0.3) is 0 Å². The minimum Gasteiger partial charge on any atom is -0.444 e. The van der Waals surface area contributed by atoms with Gasteiger partial charge in [-0.05, 0) is 58.6 Å². The summed E-state index contributed by atoms with van der Waals surface area (Å²) < 4.78 is 7.48. The van der Waals surface area contributed by atoms with E-state index in [9.17, 15) is 4.79 Å². The van der Waals surface area contributed by atoms with Gasteiger partial charge in [0.1, 0.15) is 11.4 Å². The predicted octanol–water partition coefficient (Wildman–Crippen LogP) is 3.88. The summed E-state index contributed by atoms with van der Waals surface area (Å²) in [6.45, 7) is 9.27. The summed E-state index contributed by atoms with van der Waals surface area (Å²) in [5, 5.41) is 8.08. The van der Waals surface area contributed by atoms with Gasteiger partial charge in [0, 0.05) is 13.1 Å². The van der Waals surface area contributed by atoms with Crippen molar-refractivity contribution in [3.05, 3.63) is 24.0 Å². The van der Waals surface area contributed by atoms with E-state index in [4.69, 9.17) is 4.74 Å². The first kappa shape index (κ1) is 19.5. The van der Waals surface area contributed by atoms with Crippen molar-refractivity contribution in [3.8, 4) is 0 Å². The summed E-state index contributed by atoms with van der Waals surface area (Å²) in [5.74, 6) is 0.799. The number of carbonyl (C=O) groups is 1. The fourth-order valence-corrected chi connectivity index (χ4v) is 3.44. The molecule has 0 unspecified atom stereocenters. The Balaban J connectivity index is 1.67. The molecule has 0 aromatic carbocycles. The van der Waals surface area contributed by atoms with E-state index >= 15 is 0 Å². The lowest BCUT2D eigenvalue weighted by Gasteiger charge is -2.36. The highest BCUT2D eigenvalue weighted by molar-refractivity contribution is 5.68. The molecule has 27 heavy (non-hydrogen) atoms. The second-order valence-electron chi connectivity index (χ2n) is 8.19. The molecule has 0 radical (unpaired) electrons. The molecule has 1 aliphatic rings. The van der Waals surface area contributed by atoms with Crippen LogP contribution in [0.3, 0.4) is 0 Å². The number of fused-ring (bicyclic) bond motifs is 1. The standard InChI is InChI=1S/C20H31N5O2/c1-5-8-16-14-22-18-11-10-17(23-25(16)18)21-13-15-9-6-7-12-24(15)19(26)27-20(2,3)4/h10-11,14-15H,5-9,12-13H2,1-4H3,(H,21,23)/t15-/m0/s1. The Hall–Kier alpha value is -2.31. The number of piperidine rings is 1. The van der Waals surface area contributed by atoms with Crippen LogP contribution >= 0.6 is 0 Å². The smallest absolute Gasteiger partial charge is 0.410 e. The van der Waals surface area contributed by atoms with Crippen LogP contribution in [-0.4, -0.2) is 50.3 Å². The molecular weight excluding hydrogens is 342 g/mol. The van der Waals surface area contributed by atoms with Gasteiger partial charge in [-0.15, -0.1) is 5.10 Å². The van der Waals surface area contributed by atoms with Crippen LogP contribution in [0.5, 0.6) is 0 Å². The molecule has 1 saturated heterocycles. The summed E-state index contributed by atoms with van der Waals surface area (Å²) in [5.41, 5.74) is 1.50. The fraction of sp³-hybridized carbons (Fsp3) is 0.650. The lowest BCUT2D eigenvalue weighted by molar-refractivity contribution is 0.0114. The van der Waals surface area contributed by atoms with E-state index in [0.717, 1.165) is 55.8 Å². The zero-order chi connectivity index (χ0) is 19.4. The minimum atomic E-state index is -0.476. The molecule has 3 heterocycles. The molecule has 1 amide bonds. The molecule has 0 aliphatic carbocycles. The first-order valence-corrected chi connectivity index (χ1v) is 9.94. The first-order valence-electron chi connectivity index (χ1n) is 9.94. The molecule has 2 aromatic heterocycles. The highest BCUT2D eigenvalue weighted by Gasteiger charge is 2.30. The maximum absolute atomic E-state index is 12.5. The Labute approximate surface area is 161 Å². The number of nitrogens with one attached hydrogen (secondary N) is 1. The zero-order valence-corrected chi connectivity index (χ0v) is 16.9. The minimum absolute atomic E-state index is 0.115. The number of hydrogen-bond acceptors (Lipinski definition) is 5. The van der Waals surface area contributed by atoms with Crippen LogP contribution in [0.15, 0.2) is 18.3 Å². The molecule has 1 N–H and O–H groups in total. The van der Waals surface area contributed by atoms with Crippen molar-refractivity contribution in [3.63, 3.8) is 0 Å². The number of rotatable bonds is 5. The normalized spacial score (nSPS) is 17.9. The fourth-order valence-electron chi connectivity index (χ4n) is 3.44. The van der Waals surface area contributed by atoms with E-state index in [-0.39, 0.29) is 12.1 Å². The maximum Gasteiger partial charge on any atom is 0.410 e. The van der Waals surface area contributed by atoms with Crippen molar-refractivity contribution >= 4 is 17.6 Å². The summed E-state index contributed by atoms with van der Waals surface area (Å²) >= 11 is 0. The monoisotopic (exact) mass is 373 g/mol. The highest BCUT2D eigenvalue weighted by Crippen LogP contribution is 2.21. The topological polar surface area (TPSA) is 71.8 Å². The van der Waals surface area contributed by atoms with Crippen molar-refractivity contribution in [2.45, 2.75) is 71.4 Å². The van der Waals surface area contributed by atoms with E-state index < -0.39 is 5.60 Å². The number of nitrogens with zero attached hydrogens (tertiary/aromatic N) is 4. The van der Waals surface area contributed by atoms with Crippen LogP contribution in [0, 0.1) is 0 Å². The molecule has 0 saturated carbocycles. The third-order valence-corrected chi connectivity index (χ3v) is 4.71. The number of aryl methyl sites for hydroxylation is 1. The molecule has 148 valence electrons. The molecule has 0 bridgehead atoms. The van der Waals surface area contributed by atoms with Crippen LogP contribution in [0.2, 0.25) is 0 Å². The largest absolute Gasteiger partial charge is 0.444 e. The van der Waals surface area contributed by atoms with Crippen molar-refractivity contribution < 1.29 is 9.53 Å². The van der Waals surface area contributed by atoms with Gasteiger partial charge < -0.3 is 15.0 Å². The van der Waals surface area contributed by atoms with Gasteiger partial charge in [0.15, 0.2) is 5.65 Å². The highest BCUT2D eigenvalue weighted by atomic mass is 16.6. The van der Waals surface area contributed by atoms with Crippen LogP contribution in [0.4, 0.5) is 10.6 Å². The van der Waals surface area contributed by atoms with Gasteiger partial charge in [0.2, 0.25) is 0 Å². The van der Waals surface area contributed by atoms with Gasteiger partial charge in [-0.25, -0.2) is 14.3 Å². The van der Waals surface area contributed by atoms with E-state index in [1.165, 1.54) is 0 Å². The molecule has 7 heteroatoms. The van der Waals surface area contributed by atoms with Gasteiger partial charge >= 0.3 is 6.09 Å². The quantitative estimate of drug-likeness (QED) is 0.861. The Morgan fingerprint density at radius 1 is 1.33 bits per heavy atom. The van der Waals surface area contributed by atoms with Gasteiger partial charge in [0.05, 0.1) is 17.9 Å². The van der Waals surface area contributed by atoms with E-state index in [0.29, 0.717) is 6.54 Å². The summed E-state index contributed by atoms with van der Waals surface area (Å²) in [6, 6.07) is 4.03. The van der Waals surface area contributed by atoms with E-state index in [1.54, 1.807) is 0 Å². The average molecular weight is 374 g/mol. The Bertz CT molecular complexity index is 780. The number of carbonyl (C=O) groups excluding carboxylic acids is 1. The molecule has 3 rings (SSSR count). The van der Waals surface area contributed by atoms with Crippen LogP contribution < -0.4 is 5.32 Å². The maximum atomic E-state index is 12.5. The molecule has 7 nitrogen and oxygen atoms in total. The van der Waals surface area contributed by atoms with Crippen molar-refractivity contribution in [1.82, 2.24) is 19.5 Å². The Morgan fingerprint density at radius 3 is 2.89 bits per heavy atom. The molecule has 0 spiro atoms. The van der Waals surface area contributed by atoms with Gasteiger partial charge in [-0.1, -0.05) is 13.3 Å². The lowest BCUT2D eigenvalue weighted by Crippen LogP contribution is -2.49. The van der Waals surface area contributed by atoms with Crippen molar-refractivity contribution in [2.75, 3.05) is 18.4 Å². The van der Waals surface area contributed by atoms with Crippen molar-refractivity contribution in [1.29, 1.82) is 0 Å². The molecular formula is C20H31N5O2. The Morgan fingerprint density at radius 2 is 2.15 bits per heavy atom. The number of amides is 1. The third kappa shape index (κ3) is 4.90. The van der Waals surface area contributed by atoms with Gasteiger partial charge in [-0.2, -0.15) is 0 Å². The second kappa shape index (κ2) is 8.15. The number of hydrogen-bond donors (Lipinski definition) is 1. The zero-order valence-electron chi connectivity index (χ0n) is 16.9. The number of anilines is 1. The number of aromatic nitrogens is 3. The van der Waals surface area contributed by atoms with Crippen LogP contribution in [-0.2, 0) is 11.2 Å². The SMILES string of the molecule is CCCc1cnc2ccc(NC[C@@H]3CCCCN3C(=O)OC(C)(C)C)nn12. The van der Waals surface area contributed by atoms with E-state index in [1.807, 2.05) is 48.5 Å². The number of ether oxygens (including phenoxy) is 1. The second-order valence-corrected chi connectivity index (χ2v) is 8.19. The van der Waals surface area contributed by atoms with Crippen LogP contribution in [0.1, 0.15) is 59.1 Å². The lowest BCUT2D eigenvalue weighted by atomic mass is 10.0. The third-order valence-electron chi connectivity index (χ3n) is 4.71. The van der Waals surface area contributed by atoms with E-state index in [2.05, 4.69) is 22.3 Å². The van der Waals surface area contributed by atoms with Crippen molar-refractivity contribution in [2.24, 2.45) is 0 Å². The van der Waals surface area contributed by atoms with Gasteiger partial charge in [-0.3, -0.25) is 0 Å². The number of likely N-dealkylation sites (tertiary alicyclic amines) is 1. The Kier molecular flexibility index (Phi) is 5.87. The summed E-state index contributed by atoms with van der Waals surface area (Å²) in [6.07, 6.45) is 6.79. The summed E-state index contributed by atoms with van der Waals surface area (Å²) in [4.78, 5) is 18.8. The van der Waals surface area contributed by atoms with Crippen LogP contribution in [0.25, 0.3) is 5.65 Å². The number of imidazole rings is 1. The predicted molar refractivity (Wildman–Crippen MR) is 106 cm³/mol. The molecule has 2 aromatic rings. The average Bonchev–Trinajstić information content (AvgIpc) is 3.01. The molecule has 1 fully saturated rings.